The average molecular weight is 474 g/mol. The highest BCUT2D eigenvalue weighted by Crippen LogP contribution is 2.36. The van der Waals surface area contributed by atoms with Gasteiger partial charge in [0, 0.05) is 17.9 Å². The molecule has 184 valence electrons. The van der Waals surface area contributed by atoms with Gasteiger partial charge in [-0.2, -0.15) is 5.26 Å². The molecule has 2 amide bonds. The Balaban J connectivity index is 2.29. The minimum absolute atomic E-state index is 0.0487. The first-order valence-corrected chi connectivity index (χ1v) is 11.5. The van der Waals surface area contributed by atoms with E-state index in [1.165, 1.54) is 4.57 Å². The van der Waals surface area contributed by atoms with Gasteiger partial charge in [-0.1, -0.05) is 20.8 Å². The maximum atomic E-state index is 15.3. The Bertz CT molecular complexity index is 1160. The van der Waals surface area contributed by atoms with Gasteiger partial charge in [-0.15, -0.1) is 0 Å². The minimum atomic E-state index is -0.928. The number of carbonyl (C=O) groups excluding carboxylic acids is 2. The highest BCUT2D eigenvalue weighted by molar-refractivity contribution is 6.15. The third kappa shape index (κ3) is 4.97. The molecule has 9 heteroatoms. The van der Waals surface area contributed by atoms with Gasteiger partial charge in [0.05, 0.1) is 5.56 Å². The lowest BCUT2D eigenvalue weighted by molar-refractivity contribution is -0.130. The second-order valence-corrected chi connectivity index (χ2v) is 11.3. The van der Waals surface area contributed by atoms with Crippen molar-refractivity contribution in [3.05, 3.63) is 23.3 Å². The lowest BCUT2D eigenvalue weighted by atomic mass is 9.90. The SMILES string of the molecule is CN1CCC(C(=O)N(C(=O)CC(C)(C)C)c2nc3c(F)cc(C#N)c(F)c3n2C(C)(C)C)CC1. The number of halogens is 2. The number of hydrogen-bond donors (Lipinski definition) is 0. The summed E-state index contributed by atoms with van der Waals surface area (Å²) in [5, 5.41) is 9.30. The van der Waals surface area contributed by atoms with Crippen LogP contribution in [-0.4, -0.2) is 46.4 Å². The number of imidazole rings is 1. The summed E-state index contributed by atoms with van der Waals surface area (Å²) >= 11 is 0. The molecule has 0 unspecified atom stereocenters. The largest absolute Gasteiger partial charge is 0.306 e. The van der Waals surface area contributed by atoms with E-state index < -0.39 is 45.9 Å². The molecule has 1 aliphatic rings. The standard InChI is InChI=1S/C25H33F2N5O2/c1-24(2,3)13-18(33)31(22(34)15-8-10-30(7)11-9-15)23-29-20-17(26)12-16(14-28)19(27)21(20)32(23)25(4,5)6/h12,15H,8-11,13H2,1-7H3. The van der Waals surface area contributed by atoms with Crippen molar-refractivity contribution < 1.29 is 18.4 Å². The number of amides is 2. The van der Waals surface area contributed by atoms with Crippen LogP contribution in [0.15, 0.2) is 6.07 Å². The second kappa shape index (κ2) is 9.06. The van der Waals surface area contributed by atoms with Crippen molar-refractivity contribution in [2.75, 3.05) is 25.0 Å². The van der Waals surface area contributed by atoms with Crippen LogP contribution in [0.25, 0.3) is 11.0 Å². The Kier molecular flexibility index (Phi) is 6.87. The van der Waals surface area contributed by atoms with E-state index in [9.17, 15) is 19.2 Å². The number of hydrogen-bond acceptors (Lipinski definition) is 5. The summed E-state index contributed by atoms with van der Waals surface area (Å²) in [6, 6.07) is 2.46. The number of imide groups is 1. The summed E-state index contributed by atoms with van der Waals surface area (Å²) in [6.07, 6.45) is 1.20. The Morgan fingerprint density at radius 1 is 1.18 bits per heavy atom. The first kappa shape index (κ1) is 25.8. The number of likely N-dealkylation sites (tertiary alicyclic amines) is 1. The van der Waals surface area contributed by atoms with Crippen LogP contribution in [0.4, 0.5) is 14.7 Å². The molecule has 1 aromatic heterocycles. The quantitative estimate of drug-likeness (QED) is 0.652. The molecule has 0 N–H and O–H groups in total. The van der Waals surface area contributed by atoms with Gasteiger partial charge in [0.1, 0.15) is 17.1 Å². The van der Waals surface area contributed by atoms with Crippen LogP contribution in [0, 0.1) is 34.3 Å². The van der Waals surface area contributed by atoms with Crippen molar-refractivity contribution in [2.45, 2.75) is 66.3 Å². The van der Waals surface area contributed by atoms with E-state index in [0.717, 1.165) is 11.0 Å². The number of rotatable bonds is 3. The monoisotopic (exact) mass is 473 g/mol. The Labute approximate surface area is 199 Å². The molecule has 2 aromatic rings. The molecule has 1 aromatic carbocycles. The van der Waals surface area contributed by atoms with Crippen LogP contribution in [0.5, 0.6) is 0 Å². The molecular formula is C25H33F2N5O2. The van der Waals surface area contributed by atoms with Crippen LogP contribution in [0.2, 0.25) is 0 Å². The van der Waals surface area contributed by atoms with Crippen LogP contribution in [0.3, 0.4) is 0 Å². The van der Waals surface area contributed by atoms with Crippen LogP contribution in [-0.2, 0) is 15.1 Å². The third-order valence-electron chi connectivity index (χ3n) is 6.01. The summed E-state index contributed by atoms with van der Waals surface area (Å²) < 4.78 is 31.7. The van der Waals surface area contributed by atoms with Crippen LogP contribution < -0.4 is 4.90 Å². The Morgan fingerprint density at radius 3 is 2.26 bits per heavy atom. The van der Waals surface area contributed by atoms with Crippen LogP contribution in [0.1, 0.15) is 66.4 Å². The fourth-order valence-corrected chi connectivity index (χ4v) is 4.33. The number of nitriles is 1. The lowest BCUT2D eigenvalue weighted by Crippen LogP contribution is -2.47. The van der Waals surface area contributed by atoms with Crippen molar-refractivity contribution in [1.29, 1.82) is 5.26 Å². The maximum absolute atomic E-state index is 15.3. The van der Waals surface area contributed by atoms with Gasteiger partial charge < -0.3 is 9.47 Å². The zero-order chi connectivity index (χ0) is 25.6. The summed E-state index contributed by atoms with van der Waals surface area (Å²) in [5.74, 6) is -3.22. The molecule has 0 spiro atoms. The molecule has 0 bridgehead atoms. The molecule has 1 aliphatic heterocycles. The van der Waals surface area contributed by atoms with Gasteiger partial charge in [0.15, 0.2) is 11.6 Å². The predicted octanol–water partition coefficient (Wildman–Crippen LogP) is 4.58. The summed E-state index contributed by atoms with van der Waals surface area (Å²) in [7, 11) is 1.97. The number of piperidine rings is 1. The first-order valence-electron chi connectivity index (χ1n) is 11.5. The van der Waals surface area contributed by atoms with E-state index in [1.54, 1.807) is 26.8 Å². The number of fused-ring (bicyclic) bond motifs is 1. The summed E-state index contributed by atoms with van der Waals surface area (Å²) in [6.45, 7) is 12.3. The van der Waals surface area contributed by atoms with Crippen molar-refractivity contribution >= 4 is 28.8 Å². The van der Waals surface area contributed by atoms with Gasteiger partial charge in [-0.25, -0.2) is 18.7 Å². The number of aromatic nitrogens is 2. The van der Waals surface area contributed by atoms with Crippen molar-refractivity contribution in [1.82, 2.24) is 14.5 Å². The second-order valence-electron chi connectivity index (χ2n) is 11.3. The molecule has 7 nitrogen and oxygen atoms in total. The highest BCUT2D eigenvalue weighted by Gasteiger charge is 2.39. The lowest BCUT2D eigenvalue weighted by Gasteiger charge is -2.34. The normalized spacial score (nSPS) is 16.0. The van der Waals surface area contributed by atoms with Gasteiger partial charge in [-0.3, -0.25) is 9.59 Å². The van der Waals surface area contributed by atoms with Crippen LogP contribution >= 0.6 is 0 Å². The molecule has 2 heterocycles. The molecule has 0 radical (unpaired) electrons. The Morgan fingerprint density at radius 2 is 1.76 bits per heavy atom. The molecule has 3 rings (SSSR count). The zero-order valence-corrected chi connectivity index (χ0v) is 21.0. The molecule has 0 saturated carbocycles. The smallest absolute Gasteiger partial charge is 0.239 e. The predicted molar refractivity (Wildman–Crippen MR) is 126 cm³/mol. The number of carbonyl (C=O) groups is 2. The van der Waals surface area contributed by atoms with E-state index in [0.29, 0.717) is 25.9 Å². The van der Waals surface area contributed by atoms with Crippen molar-refractivity contribution in [3.63, 3.8) is 0 Å². The summed E-state index contributed by atoms with van der Waals surface area (Å²) in [4.78, 5) is 34.8. The average Bonchev–Trinajstić information content (AvgIpc) is 3.11. The molecule has 0 aliphatic carbocycles. The Hall–Kier alpha value is -2.86. The molecular weight excluding hydrogens is 440 g/mol. The van der Waals surface area contributed by atoms with Gasteiger partial charge >= 0.3 is 0 Å². The van der Waals surface area contributed by atoms with E-state index in [1.807, 2.05) is 27.8 Å². The fourth-order valence-electron chi connectivity index (χ4n) is 4.33. The maximum Gasteiger partial charge on any atom is 0.239 e. The van der Waals surface area contributed by atoms with E-state index in [2.05, 4.69) is 9.88 Å². The van der Waals surface area contributed by atoms with Crippen molar-refractivity contribution in [2.24, 2.45) is 11.3 Å². The topological polar surface area (TPSA) is 82.2 Å². The van der Waals surface area contributed by atoms with Gasteiger partial charge in [0.25, 0.3) is 0 Å². The third-order valence-corrected chi connectivity index (χ3v) is 6.01. The van der Waals surface area contributed by atoms with Gasteiger partial charge in [0.2, 0.25) is 17.8 Å². The zero-order valence-electron chi connectivity index (χ0n) is 21.0. The number of benzene rings is 1. The summed E-state index contributed by atoms with van der Waals surface area (Å²) in [5.41, 5.74) is -2.31. The van der Waals surface area contributed by atoms with E-state index in [-0.39, 0.29) is 23.4 Å². The fraction of sp³-hybridized carbons (Fsp3) is 0.600. The van der Waals surface area contributed by atoms with E-state index >= 15 is 4.39 Å². The highest BCUT2D eigenvalue weighted by atomic mass is 19.1. The van der Waals surface area contributed by atoms with Gasteiger partial charge in [-0.05, 0) is 65.2 Å². The number of anilines is 1. The number of nitrogens with zero attached hydrogens (tertiary/aromatic N) is 5. The molecule has 0 atom stereocenters. The van der Waals surface area contributed by atoms with E-state index in [4.69, 9.17) is 0 Å². The minimum Gasteiger partial charge on any atom is -0.306 e. The molecule has 1 saturated heterocycles. The molecule has 34 heavy (non-hydrogen) atoms. The molecule has 1 fully saturated rings. The van der Waals surface area contributed by atoms with Crippen molar-refractivity contribution in [3.8, 4) is 6.07 Å². The first-order chi connectivity index (χ1) is 15.7.